The molecule has 2 aromatic rings. The number of rotatable bonds is 15. The summed E-state index contributed by atoms with van der Waals surface area (Å²) in [6, 6.07) is 10.9. The third-order valence-corrected chi connectivity index (χ3v) is 9.18. The van der Waals surface area contributed by atoms with Crippen LogP contribution in [0.3, 0.4) is 0 Å². The molecule has 0 bridgehead atoms. The first-order valence-electron chi connectivity index (χ1n) is 18.9. The maximum atomic E-state index is 15.2. The normalized spacial score (nSPS) is 16.6. The van der Waals surface area contributed by atoms with Gasteiger partial charge in [-0.2, -0.15) is 0 Å². The standard InChI is InChI=1S/C28H36FN3O3.C10H22.C4H10/c1-5-18(2)26(32-28(33)27-17-31-16-24(34-4)10-11-35-27)14-22-8-6-21(13-25(22)29)20-7-9-23(15-30)19(3)12-20;1-4-7-10(8-5-2)9-6-3;1-3-4-2/h6-9,12-13,15,24,27,30-31H,5,10-11,14,16-17H2,1-4H3,(H,32,33);10H,4-9H2,1-3H3;3-4H2,1-2H3. The second-order valence-corrected chi connectivity index (χ2v) is 13.2. The van der Waals surface area contributed by atoms with E-state index in [0.29, 0.717) is 37.4 Å². The first-order chi connectivity index (χ1) is 23.6. The molecule has 0 radical (unpaired) electrons. The second-order valence-electron chi connectivity index (χ2n) is 13.2. The topological polar surface area (TPSA) is 83.4 Å². The highest BCUT2D eigenvalue weighted by atomic mass is 19.1. The summed E-state index contributed by atoms with van der Waals surface area (Å²) in [6.45, 7) is 18.6. The molecular formula is C42H68FN3O3. The lowest BCUT2D eigenvalue weighted by atomic mass is 9.94. The quantitative estimate of drug-likeness (QED) is 0.163. The molecule has 3 rings (SSSR count). The number of allylic oxidation sites excluding steroid dienone is 2. The van der Waals surface area contributed by atoms with Crippen LogP contribution in [0.5, 0.6) is 0 Å². The van der Waals surface area contributed by atoms with Gasteiger partial charge >= 0.3 is 0 Å². The average Bonchev–Trinajstić information content (AvgIpc) is 3.09. The number of ether oxygens (including phenoxy) is 2. The molecule has 1 aliphatic heterocycles. The lowest BCUT2D eigenvalue weighted by Gasteiger charge is -2.25. The van der Waals surface area contributed by atoms with Gasteiger partial charge in [0.1, 0.15) is 11.9 Å². The number of carbonyl (C=O) groups is 1. The van der Waals surface area contributed by atoms with E-state index < -0.39 is 6.10 Å². The number of hydrogen-bond acceptors (Lipinski definition) is 5. The lowest BCUT2D eigenvalue weighted by molar-refractivity contribution is -0.133. The van der Waals surface area contributed by atoms with Crippen LogP contribution in [0.4, 0.5) is 4.39 Å². The van der Waals surface area contributed by atoms with Crippen molar-refractivity contribution in [3.05, 3.63) is 70.2 Å². The summed E-state index contributed by atoms with van der Waals surface area (Å²) in [5.41, 5.74) is 5.71. The van der Waals surface area contributed by atoms with Gasteiger partial charge in [-0.1, -0.05) is 129 Å². The molecule has 1 fully saturated rings. The van der Waals surface area contributed by atoms with E-state index in [-0.39, 0.29) is 24.2 Å². The van der Waals surface area contributed by atoms with E-state index in [0.717, 1.165) is 40.2 Å². The van der Waals surface area contributed by atoms with Crippen LogP contribution in [0.2, 0.25) is 0 Å². The minimum Gasteiger partial charge on any atom is -0.380 e. The lowest BCUT2D eigenvalue weighted by Crippen LogP contribution is -2.47. The molecular weight excluding hydrogens is 613 g/mol. The van der Waals surface area contributed by atoms with E-state index in [1.165, 1.54) is 63.6 Å². The molecule has 0 aliphatic carbocycles. The number of halogens is 1. The fourth-order valence-electron chi connectivity index (χ4n) is 5.73. The molecule has 276 valence electrons. The Hall–Kier alpha value is -2.87. The van der Waals surface area contributed by atoms with Crippen LogP contribution in [0.15, 0.2) is 47.7 Å². The first-order valence-corrected chi connectivity index (χ1v) is 18.9. The zero-order valence-corrected chi connectivity index (χ0v) is 32.3. The highest BCUT2D eigenvalue weighted by molar-refractivity contribution is 5.83. The van der Waals surface area contributed by atoms with Crippen LogP contribution in [0, 0.1) is 24.1 Å². The highest BCUT2D eigenvalue weighted by Gasteiger charge is 2.24. The van der Waals surface area contributed by atoms with Gasteiger partial charge in [-0.15, -0.1) is 0 Å². The molecule has 0 aromatic heterocycles. The molecule has 2 atom stereocenters. The van der Waals surface area contributed by atoms with E-state index in [1.54, 1.807) is 13.2 Å². The van der Waals surface area contributed by atoms with Crippen LogP contribution in [-0.4, -0.2) is 51.1 Å². The Labute approximate surface area is 298 Å². The molecule has 7 heteroatoms. The Morgan fingerprint density at radius 3 is 2.10 bits per heavy atom. The summed E-state index contributed by atoms with van der Waals surface area (Å²) in [6.07, 6.45) is 13.6. The highest BCUT2D eigenvalue weighted by Crippen LogP contribution is 2.26. The molecule has 49 heavy (non-hydrogen) atoms. The fourth-order valence-corrected chi connectivity index (χ4v) is 5.73. The smallest absolute Gasteiger partial charge is 0.254 e. The minimum atomic E-state index is -0.619. The minimum absolute atomic E-state index is 0.0700. The zero-order chi connectivity index (χ0) is 36.6. The Balaban J connectivity index is 0.000000720. The first kappa shape index (κ1) is 44.2. The number of aryl methyl sites for hydroxylation is 1. The van der Waals surface area contributed by atoms with Gasteiger partial charge in [0.2, 0.25) is 0 Å². The van der Waals surface area contributed by atoms with Gasteiger partial charge in [-0.05, 0) is 66.5 Å². The molecule has 6 nitrogen and oxygen atoms in total. The molecule has 2 unspecified atom stereocenters. The van der Waals surface area contributed by atoms with Crippen LogP contribution >= 0.6 is 0 Å². The molecule has 1 amide bonds. The van der Waals surface area contributed by atoms with E-state index in [9.17, 15) is 4.79 Å². The van der Waals surface area contributed by atoms with Crippen LogP contribution in [0.25, 0.3) is 11.1 Å². The zero-order valence-electron chi connectivity index (χ0n) is 32.3. The van der Waals surface area contributed by atoms with Crippen molar-refractivity contribution >= 4 is 12.1 Å². The van der Waals surface area contributed by atoms with Crippen molar-refractivity contribution in [3.8, 4) is 11.1 Å². The van der Waals surface area contributed by atoms with Gasteiger partial charge in [0.15, 0.2) is 0 Å². The molecule has 1 aliphatic rings. The predicted molar refractivity (Wildman–Crippen MR) is 206 cm³/mol. The van der Waals surface area contributed by atoms with Crippen molar-refractivity contribution in [3.63, 3.8) is 0 Å². The third kappa shape index (κ3) is 16.6. The average molecular weight is 682 g/mol. The van der Waals surface area contributed by atoms with E-state index in [4.69, 9.17) is 14.9 Å². The van der Waals surface area contributed by atoms with Crippen LogP contribution in [0.1, 0.15) is 129 Å². The molecule has 0 saturated carbocycles. The number of amides is 1. The van der Waals surface area contributed by atoms with E-state index >= 15 is 4.39 Å². The number of benzene rings is 2. The SMILES string of the molecule is CCC(C)=C(Cc1ccc(-c2ccc(C=N)c(C)c2)cc1F)NC(=O)C1CNCC(OC)CCO1.CCCC.CCCC(CCC)CCC. The van der Waals surface area contributed by atoms with Gasteiger partial charge in [0.05, 0.1) is 12.7 Å². The number of nitrogens with one attached hydrogen (secondary N) is 3. The fraction of sp³-hybridized carbons (Fsp3) is 0.619. The summed E-state index contributed by atoms with van der Waals surface area (Å²) in [7, 11) is 1.67. The van der Waals surface area contributed by atoms with Crippen LogP contribution in [-0.2, 0) is 20.7 Å². The van der Waals surface area contributed by atoms with Gasteiger partial charge < -0.3 is 25.5 Å². The molecule has 3 N–H and O–H groups in total. The number of methoxy groups -OCH3 is 1. The van der Waals surface area contributed by atoms with Crippen molar-refractivity contribution in [1.29, 1.82) is 5.41 Å². The summed E-state index contributed by atoms with van der Waals surface area (Å²) in [4.78, 5) is 13.0. The van der Waals surface area contributed by atoms with Gasteiger partial charge in [0.25, 0.3) is 5.91 Å². The van der Waals surface area contributed by atoms with Gasteiger partial charge in [0, 0.05) is 38.5 Å². The molecule has 1 saturated heterocycles. The maximum absolute atomic E-state index is 15.2. The Morgan fingerprint density at radius 2 is 1.59 bits per heavy atom. The monoisotopic (exact) mass is 682 g/mol. The summed E-state index contributed by atoms with van der Waals surface area (Å²) < 4.78 is 26.3. The van der Waals surface area contributed by atoms with Crippen molar-refractivity contribution in [2.75, 3.05) is 26.8 Å². The largest absolute Gasteiger partial charge is 0.380 e. The van der Waals surface area contributed by atoms with Crippen LogP contribution < -0.4 is 10.6 Å². The second kappa shape index (κ2) is 26.0. The van der Waals surface area contributed by atoms with Gasteiger partial charge in [-0.25, -0.2) is 4.39 Å². The summed E-state index contributed by atoms with van der Waals surface area (Å²) in [5, 5.41) is 13.7. The molecule has 1 heterocycles. The third-order valence-electron chi connectivity index (χ3n) is 9.18. The number of carbonyl (C=O) groups excluding carboxylic acids is 1. The Kier molecular flexibility index (Phi) is 23.4. The number of unbranched alkanes of at least 4 members (excludes halogenated alkanes) is 1. The molecule has 0 spiro atoms. The van der Waals surface area contributed by atoms with E-state index in [2.05, 4.69) is 45.3 Å². The maximum Gasteiger partial charge on any atom is 0.254 e. The van der Waals surface area contributed by atoms with E-state index in [1.807, 2.05) is 45.0 Å². The summed E-state index contributed by atoms with van der Waals surface area (Å²) >= 11 is 0. The van der Waals surface area contributed by atoms with Crippen molar-refractivity contribution in [1.82, 2.24) is 10.6 Å². The molecule has 2 aromatic carbocycles. The van der Waals surface area contributed by atoms with Crippen molar-refractivity contribution in [2.24, 2.45) is 5.92 Å². The van der Waals surface area contributed by atoms with Crippen molar-refractivity contribution < 1.29 is 18.7 Å². The predicted octanol–water partition coefficient (Wildman–Crippen LogP) is 10.3. The Morgan fingerprint density at radius 1 is 0.980 bits per heavy atom. The van der Waals surface area contributed by atoms with Crippen molar-refractivity contribution in [2.45, 2.75) is 138 Å². The number of hydrogen-bond donors (Lipinski definition) is 3. The summed E-state index contributed by atoms with van der Waals surface area (Å²) in [5.74, 6) is 0.483. The van der Waals surface area contributed by atoms with Gasteiger partial charge in [-0.3, -0.25) is 4.79 Å². The Bertz CT molecular complexity index is 1240.